The lowest BCUT2D eigenvalue weighted by Gasteiger charge is -1.96. The predicted octanol–water partition coefficient (Wildman–Crippen LogP) is 2.48. The number of alkyl halides is 1. The quantitative estimate of drug-likeness (QED) is 0.542. The van der Waals surface area contributed by atoms with Crippen molar-refractivity contribution in [3.05, 3.63) is 42.3 Å². The molecule has 0 saturated carbocycles. The molecule has 2 radical (unpaired) electrons. The highest BCUT2D eigenvalue weighted by Crippen LogP contribution is 2.07. The fraction of sp³-hybridized carbons (Fsp3) is 0.111. The lowest BCUT2D eigenvalue weighted by Crippen LogP contribution is -1.91. The number of Topliss-reactive ketones (excluding diaryl/α,β-unsaturated/α-hetero) is 1. The fourth-order valence-corrected chi connectivity index (χ4v) is 1.13. The van der Waals surface area contributed by atoms with Crippen LogP contribution in [0.25, 0.3) is 0 Å². The van der Waals surface area contributed by atoms with Crippen LogP contribution in [0, 0.1) is 6.92 Å². The van der Waals surface area contributed by atoms with Gasteiger partial charge in [0.1, 0.15) is 0 Å². The zero-order valence-electron chi connectivity index (χ0n) is 5.88. The van der Waals surface area contributed by atoms with Gasteiger partial charge in [0.25, 0.3) is 0 Å². The number of halogens is 1. The molecule has 0 unspecified atom stereocenters. The van der Waals surface area contributed by atoms with Crippen molar-refractivity contribution >= 4 is 21.7 Å². The highest BCUT2D eigenvalue weighted by molar-refractivity contribution is 9.08. The first-order valence-electron chi connectivity index (χ1n) is 3.18. The summed E-state index contributed by atoms with van der Waals surface area (Å²) in [4.78, 5) is 10.6. The predicted molar refractivity (Wildman–Crippen MR) is 47.7 cm³/mol. The average molecular weight is 211 g/mol. The van der Waals surface area contributed by atoms with Gasteiger partial charge in [-0.3, -0.25) is 4.79 Å². The molecule has 0 spiro atoms. The van der Waals surface area contributed by atoms with Crippen LogP contribution in [-0.2, 0) is 5.33 Å². The van der Waals surface area contributed by atoms with E-state index in [0.29, 0.717) is 5.56 Å². The monoisotopic (exact) mass is 210 g/mol. The number of carbonyl (C=O) groups is 1. The Morgan fingerprint density at radius 2 is 1.91 bits per heavy atom. The molecule has 0 aliphatic heterocycles. The summed E-state index contributed by atoms with van der Waals surface area (Å²) in [5, 5.41) is 0.798. The molecule has 2 heteroatoms. The van der Waals surface area contributed by atoms with Gasteiger partial charge in [-0.1, -0.05) is 40.2 Å². The summed E-state index contributed by atoms with van der Waals surface area (Å²) in [5.41, 5.74) is 1.68. The molecule has 1 rings (SSSR count). The van der Waals surface area contributed by atoms with E-state index in [-0.39, 0.29) is 5.78 Å². The van der Waals surface area contributed by atoms with E-state index in [2.05, 4.69) is 15.9 Å². The van der Waals surface area contributed by atoms with Gasteiger partial charge in [0.05, 0.1) is 0 Å². The molecule has 0 N–H and O–H groups in total. The van der Waals surface area contributed by atoms with Crippen LogP contribution >= 0.6 is 15.9 Å². The first kappa shape index (κ1) is 8.47. The topological polar surface area (TPSA) is 17.1 Å². The maximum absolute atomic E-state index is 10.6. The molecule has 1 nitrogen and oxygen atoms in total. The van der Waals surface area contributed by atoms with E-state index in [1.54, 1.807) is 12.1 Å². The van der Waals surface area contributed by atoms with E-state index in [1.165, 1.54) is 0 Å². The average Bonchev–Trinajstić information content (AvgIpc) is 2.05. The fourth-order valence-electron chi connectivity index (χ4n) is 0.758. The molecule has 0 amide bonds. The van der Waals surface area contributed by atoms with E-state index in [4.69, 9.17) is 6.92 Å². The number of hydrogen-bond acceptors (Lipinski definition) is 1. The standard InChI is InChI=1S/C9H7BrO/c1-7(11)9-4-2-8(6-10)3-5-9/h1-5H,6H2. The summed E-state index contributed by atoms with van der Waals surface area (Å²) in [6.07, 6.45) is 0. The Morgan fingerprint density at radius 3 is 2.27 bits per heavy atom. The molecule has 0 bridgehead atoms. The number of rotatable bonds is 2. The Hall–Kier alpha value is -0.630. The molecule has 0 aromatic heterocycles. The Balaban J connectivity index is 2.91. The third-order valence-electron chi connectivity index (χ3n) is 1.39. The summed E-state index contributed by atoms with van der Waals surface area (Å²) in [6.45, 7) is 5.05. The molecule has 11 heavy (non-hydrogen) atoms. The third-order valence-corrected chi connectivity index (χ3v) is 2.04. The number of carbonyl (C=O) groups excluding carboxylic acids is 1. The van der Waals surface area contributed by atoms with E-state index in [0.717, 1.165) is 10.9 Å². The molecule has 1 aromatic rings. The normalized spacial score (nSPS) is 9.64. The highest BCUT2D eigenvalue weighted by Gasteiger charge is 1.97. The Morgan fingerprint density at radius 1 is 1.36 bits per heavy atom. The van der Waals surface area contributed by atoms with Gasteiger partial charge in [-0.25, -0.2) is 0 Å². The van der Waals surface area contributed by atoms with Crippen molar-refractivity contribution in [3.8, 4) is 0 Å². The van der Waals surface area contributed by atoms with Gasteiger partial charge in [0.15, 0.2) is 5.78 Å². The minimum atomic E-state index is -0.383. The second-order valence-electron chi connectivity index (χ2n) is 2.19. The maximum atomic E-state index is 10.6. The van der Waals surface area contributed by atoms with Crippen molar-refractivity contribution in [2.45, 2.75) is 5.33 Å². The van der Waals surface area contributed by atoms with Crippen molar-refractivity contribution in [1.29, 1.82) is 0 Å². The van der Waals surface area contributed by atoms with Crippen LogP contribution in [0.4, 0.5) is 0 Å². The van der Waals surface area contributed by atoms with Gasteiger partial charge in [-0.05, 0) is 5.56 Å². The van der Waals surface area contributed by atoms with Gasteiger partial charge in [-0.2, -0.15) is 0 Å². The van der Waals surface area contributed by atoms with E-state index in [9.17, 15) is 4.79 Å². The summed E-state index contributed by atoms with van der Waals surface area (Å²) >= 11 is 3.30. The molecule has 0 saturated heterocycles. The molecule has 56 valence electrons. The SMILES string of the molecule is [CH]C(=O)c1ccc(CBr)cc1. The van der Waals surface area contributed by atoms with Crippen LogP contribution in [0.1, 0.15) is 15.9 Å². The van der Waals surface area contributed by atoms with Crippen molar-refractivity contribution in [1.82, 2.24) is 0 Å². The molecule has 0 heterocycles. The van der Waals surface area contributed by atoms with Gasteiger partial charge < -0.3 is 0 Å². The zero-order chi connectivity index (χ0) is 8.27. The summed E-state index contributed by atoms with van der Waals surface area (Å²) < 4.78 is 0. The van der Waals surface area contributed by atoms with Crippen molar-refractivity contribution in [3.63, 3.8) is 0 Å². The number of benzene rings is 1. The largest absolute Gasteiger partial charge is 0.294 e. The van der Waals surface area contributed by atoms with E-state index >= 15 is 0 Å². The Kier molecular flexibility index (Phi) is 2.83. The van der Waals surface area contributed by atoms with Crippen LogP contribution in [0.3, 0.4) is 0 Å². The summed E-state index contributed by atoms with van der Waals surface area (Å²) in [6, 6.07) is 7.18. The summed E-state index contributed by atoms with van der Waals surface area (Å²) in [7, 11) is 0. The van der Waals surface area contributed by atoms with Crippen LogP contribution in [0.2, 0.25) is 0 Å². The van der Waals surface area contributed by atoms with Crippen LogP contribution < -0.4 is 0 Å². The Bertz CT molecular complexity index is 251. The van der Waals surface area contributed by atoms with E-state index in [1.807, 2.05) is 12.1 Å². The lowest BCUT2D eigenvalue weighted by molar-refractivity contribution is 0.104. The van der Waals surface area contributed by atoms with Crippen molar-refractivity contribution in [2.75, 3.05) is 0 Å². The highest BCUT2D eigenvalue weighted by atomic mass is 79.9. The number of hydrogen-bond donors (Lipinski definition) is 0. The lowest BCUT2D eigenvalue weighted by atomic mass is 10.1. The van der Waals surface area contributed by atoms with Crippen LogP contribution in [-0.4, -0.2) is 5.78 Å². The smallest absolute Gasteiger partial charge is 0.167 e. The van der Waals surface area contributed by atoms with Gasteiger partial charge in [0, 0.05) is 17.8 Å². The first-order valence-corrected chi connectivity index (χ1v) is 4.31. The Labute approximate surface area is 74.6 Å². The maximum Gasteiger partial charge on any atom is 0.167 e. The minimum absolute atomic E-state index is 0.383. The van der Waals surface area contributed by atoms with Crippen molar-refractivity contribution < 1.29 is 4.79 Å². The number of ketones is 1. The molecule has 1 aromatic carbocycles. The second-order valence-corrected chi connectivity index (χ2v) is 2.76. The van der Waals surface area contributed by atoms with Crippen molar-refractivity contribution in [2.24, 2.45) is 0 Å². The first-order chi connectivity index (χ1) is 5.24. The minimum Gasteiger partial charge on any atom is -0.294 e. The van der Waals surface area contributed by atoms with Gasteiger partial charge in [-0.15, -0.1) is 0 Å². The van der Waals surface area contributed by atoms with Crippen LogP contribution in [0.5, 0.6) is 0 Å². The molecule has 0 atom stereocenters. The molecule has 0 fully saturated rings. The third kappa shape index (κ3) is 2.15. The van der Waals surface area contributed by atoms with Gasteiger partial charge in [0.2, 0.25) is 0 Å². The molecule has 0 aliphatic carbocycles. The molecule has 0 aliphatic rings. The summed E-state index contributed by atoms with van der Waals surface area (Å²) in [5.74, 6) is -0.383. The zero-order valence-corrected chi connectivity index (χ0v) is 7.47. The van der Waals surface area contributed by atoms with Crippen LogP contribution in [0.15, 0.2) is 24.3 Å². The van der Waals surface area contributed by atoms with E-state index < -0.39 is 0 Å². The molecular formula is C9H7BrO. The van der Waals surface area contributed by atoms with Gasteiger partial charge >= 0.3 is 0 Å². The molecular weight excluding hydrogens is 204 g/mol. The second kappa shape index (κ2) is 3.67.